The average molecular weight is 425 g/mol. The maximum Gasteiger partial charge on any atom is 0.190 e. The minimum atomic E-state index is 0.695. The van der Waals surface area contributed by atoms with Gasteiger partial charge in [0.25, 0.3) is 0 Å². The van der Waals surface area contributed by atoms with Crippen molar-refractivity contribution in [2.24, 2.45) is 0 Å². The molecule has 0 radical (unpaired) electrons. The van der Waals surface area contributed by atoms with Crippen LogP contribution in [-0.4, -0.2) is 36.2 Å². The molecule has 0 spiro atoms. The Labute approximate surface area is 177 Å². The lowest BCUT2D eigenvalue weighted by Gasteiger charge is -2.08. The molecule has 0 aliphatic rings. The van der Waals surface area contributed by atoms with Gasteiger partial charge in [-0.3, -0.25) is 0 Å². The van der Waals surface area contributed by atoms with Gasteiger partial charge in [0.05, 0.1) is 25.4 Å². The van der Waals surface area contributed by atoms with Gasteiger partial charge in [0, 0.05) is 29.1 Å². The van der Waals surface area contributed by atoms with Crippen LogP contribution in [0.15, 0.2) is 53.0 Å². The average Bonchev–Trinajstić information content (AvgIpc) is 3.25. The summed E-state index contributed by atoms with van der Waals surface area (Å²) in [6.07, 6.45) is 0. The van der Waals surface area contributed by atoms with Crippen molar-refractivity contribution in [3.8, 4) is 22.1 Å². The van der Waals surface area contributed by atoms with E-state index in [1.165, 1.54) is 0 Å². The summed E-state index contributed by atoms with van der Waals surface area (Å²) in [7, 11) is 5.14. The SMILES string of the molecule is CNc1nc(SCc2csc(-c3ccc(OC)c(OC)c3)n2)nc2ccccc12. The van der Waals surface area contributed by atoms with Crippen LogP contribution in [0.4, 0.5) is 5.82 Å². The highest BCUT2D eigenvalue weighted by Crippen LogP contribution is 2.34. The lowest BCUT2D eigenvalue weighted by Crippen LogP contribution is -1.98. The molecular weight excluding hydrogens is 404 g/mol. The number of ether oxygens (including phenoxy) is 2. The first kappa shape index (κ1) is 19.5. The predicted octanol–water partition coefficient (Wildman–Crippen LogP) is 5.10. The van der Waals surface area contributed by atoms with Gasteiger partial charge in [-0.05, 0) is 30.3 Å². The molecule has 29 heavy (non-hydrogen) atoms. The molecule has 0 unspecified atom stereocenters. The van der Waals surface area contributed by atoms with Gasteiger partial charge in [0.2, 0.25) is 0 Å². The van der Waals surface area contributed by atoms with Gasteiger partial charge in [-0.1, -0.05) is 23.9 Å². The van der Waals surface area contributed by atoms with E-state index in [9.17, 15) is 0 Å². The minimum Gasteiger partial charge on any atom is -0.493 e. The van der Waals surface area contributed by atoms with Gasteiger partial charge >= 0.3 is 0 Å². The number of fused-ring (bicyclic) bond motifs is 1. The summed E-state index contributed by atoms with van der Waals surface area (Å²) in [4.78, 5) is 14.1. The summed E-state index contributed by atoms with van der Waals surface area (Å²) in [5, 5.41) is 7.91. The second-order valence-electron chi connectivity index (χ2n) is 6.12. The van der Waals surface area contributed by atoms with Crippen molar-refractivity contribution in [3.63, 3.8) is 0 Å². The Kier molecular flexibility index (Phi) is 5.82. The van der Waals surface area contributed by atoms with Gasteiger partial charge < -0.3 is 14.8 Å². The Bertz CT molecular complexity index is 1150. The Hall–Kier alpha value is -2.84. The highest BCUT2D eigenvalue weighted by atomic mass is 32.2. The molecule has 0 fully saturated rings. The van der Waals surface area contributed by atoms with Crippen LogP contribution in [0.25, 0.3) is 21.5 Å². The fourth-order valence-corrected chi connectivity index (χ4v) is 4.59. The van der Waals surface area contributed by atoms with Crippen molar-refractivity contribution in [2.75, 3.05) is 26.6 Å². The van der Waals surface area contributed by atoms with Crippen molar-refractivity contribution in [1.29, 1.82) is 0 Å². The van der Waals surface area contributed by atoms with Crippen LogP contribution in [-0.2, 0) is 5.75 Å². The number of anilines is 1. The van der Waals surface area contributed by atoms with Crippen LogP contribution in [0, 0.1) is 0 Å². The number of para-hydroxylation sites is 1. The largest absolute Gasteiger partial charge is 0.493 e. The minimum absolute atomic E-state index is 0.695. The second kappa shape index (κ2) is 8.67. The molecule has 8 heteroatoms. The van der Waals surface area contributed by atoms with Crippen LogP contribution >= 0.6 is 23.1 Å². The van der Waals surface area contributed by atoms with E-state index in [-0.39, 0.29) is 0 Å². The van der Waals surface area contributed by atoms with Gasteiger partial charge in [-0.25, -0.2) is 15.0 Å². The van der Waals surface area contributed by atoms with Gasteiger partial charge in [-0.2, -0.15) is 0 Å². The fourth-order valence-electron chi connectivity index (χ4n) is 2.92. The Morgan fingerprint density at radius 3 is 2.62 bits per heavy atom. The maximum atomic E-state index is 5.39. The van der Waals surface area contributed by atoms with Gasteiger partial charge in [0.15, 0.2) is 16.7 Å². The quantitative estimate of drug-likeness (QED) is 0.327. The molecule has 2 heterocycles. The molecule has 4 rings (SSSR count). The fraction of sp³-hybridized carbons (Fsp3) is 0.190. The van der Waals surface area contributed by atoms with Crippen molar-refractivity contribution < 1.29 is 9.47 Å². The number of benzene rings is 2. The number of hydrogen-bond acceptors (Lipinski definition) is 8. The molecule has 0 saturated heterocycles. The summed E-state index contributed by atoms with van der Waals surface area (Å²) < 4.78 is 10.7. The zero-order valence-corrected chi connectivity index (χ0v) is 17.9. The first-order valence-corrected chi connectivity index (χ1v) is 10.8. The van der Waals surface area contributed by atoms with Crippen molar-refractivity contribution in [3.05, 3.63) is 53.5 Å². The topological polar surface area (TPSA) is 69.2 Å². The standard InChI is InChI=1S/C21H20N4O2S2/c1-22-19-15-6-4-5-7-16(15)24-21(25-19)29-12-14-11-28-20(23-14)13-8-9-17(26-2)18(10-13)27-3/h4-11H,12H2,1-3H3,(H,22,24,25). The number of methoxy groups -OCH3 is 2. The van der Waals surface area contributed by atoms with E-state index in [2.05, 4.69) is 20.7 Å². The Balaban J connectivity index is 1.52. The molecule has 0 saturated carbocycles. The molecule has 148 valence electrons. The predicted molar refractivity (Wildman–Crippen MR) is 119 cm³/mol. The van der Waals surface area contributed by atoms with E-state index in [0.717, 1.165) is 38.1 Å². The Morgan fingerprint density at radius 1 is 1.00 bits per heavy atom. The van der Waals surface area contributed by atoms with Crippen molar-refractivity contribution in [2.45, 2.75) is 10.9 Å². The van der Waals surface area contributed by atoms with Gasteiger partial charge in [0.1, 0.15) is 10.8 Å². The number of thiazole rings is 1. The molecule has 2 aromatic heterocycles. The van der Waals surface area contributed by atoms with E-state index in [0.29, 0.717) is 17.3 Å². The van der Waals surface area contributed by atoms with Crippen LogP contribution < -0.4 is 14.8 Å². The smallest absolute Gasteiger partial charge is 0.190 e. The zero-order chi connectivity index (χ0) is 20.2. The first-order valence-electron chi connectivity index (χ1n) is 8.96. The lowest BCUT2D eigenvalue weighted by atomic mass is 10.2. The monoisotopic (exact) mass is 424 g/mol. The lowest BCUT2D eigenvalue weighted by molar-refractivity contribution is 0.355. The van der Waals surface area contributed by atoms with E-state index in [4.69, 9.17) is 14.5 Å². The zero-order valence-electron chi connectivity index (χ0n) is 16.3. The summed E-state index contributed by atoms with van der Waals surface area (Å²) in [6.45, 7) is 0. The van der Waals surface area contributed by atoms with Crippen molar-refractivity contribution >= 4 is 39.8 Å². The van der Waals surface area contributed by atoms with Crippen LogP contribution in [0.1, 0.15) is 5.69 Å². The number of thioether (sulfide) groups is 1. The maximum absolute atomic E-state index is 5.39. The highest BCUT2D eigenvalue weighted by Gasteiger charge is 2.11. The van der Waals surface area contributed by atoms with Crippen LogP contribution in [0.5, 0.6) is 11.5 Å². The molecule has 0 atom stereocenters. The summed E-state index contributed by atoms with van der Waals surface area (Å²) >= 11 is 3.18. The highest BCUT2D eigenvalue weighted by molar-refractivity contribution is 7.98. The molecule has 0 aliphatic carbocycles. The third-order valence-corrected chi connectivity index (χ3v) is 6.17. The number of nitrogens with one attached hydrogen (secondary N) is 1. The molecule has 2 aromatic carbocycles. The number of rotatable bonds is 7. The van der Waals surface area contributed by atoms with E-state index >= 15 is 0 Å². The third kappa shape index (κ3) is 4.13. The molecule has 4 aromatic rings. The number of aromatic nitrogens is 3. The van der Waals surface area contributed by atoms with E-state index < -0.39 is 0 Å². The second-order valence-corrected chi connectivity index (χ2v) is 7.92. The number of hydrogen-bond donors (Lipinski definition) is 1. The van der Waals surface area contributed by atoms with Gasteiger partial charge in [-0.15, -0.1) is 11.3 Å². The summed E-state index contributed by atoms with van der Waals surface area (Å²) in [5.41, 5.74) is 2.93. The Morgan fingerprint density at radius 2 is 1.83 bits per heavy atom. The van der Waals surface area contributed by atoms with Crippen molar-refractivity contribution in [1.82, 2.24) is 15.0 Å². The molecule has 0 bridgehead atoms. The molecule has 0 aliphatic heterocycles. The molecule has 6 nitrogen and oxygen atoms in total. The van der Waals surface area contributed by atoms with E-state index in [1.807, 2.05) is 49.5 Å². The summed E-state index contributed by atoms with van der Waals surface area (Å²) in [5.74, 6) is 2.94. The van der Waals surface area contributed by atoms with Crippen LogP contribution in [0.3, 0.4) is 0 Å². The number of nitrogens with zero attached hydrogens (tertiary/aromatic N) is 3. The van der Waals surface area contributed by atoms with Crippen LogP contribution in [0.2, 0.25) is 0 Å². The first-order chi connectivity index (χ1) is 14.2. The molecular formula is C21H20N4O2S2. The van der Waals surface area contributed by atoms with E-state index in [1.54, 1.807) is 37.3 Å². The summed E-state index contributed by atoms with van der Waals surface area (Å²) in [6, 6.07) is 13.8. The third-order valence-electron chi connectivity index (χ3n) is 4.35. The molecule has 1 N–H and O–H groups in total. The normalized spacial score (nSPS) is 10.9. The molecule has 0 amide bonds.